The van der Waals surface area contributed by atoms with Crippen LogP contribution < -0.4 is 0 Å². The first kappa shape index (κ1) is 23.1. The minimum atomic E-state index is -1.85. The van der Waals surface area contributed by atoms with Crippen LogP contribution in [0.25, 0.3) is 39.0 Å². The fourth-order valence-electron chi connectivity index (χ4n) is 6.08. The van der Waals surface area contributed by atoms with E-state index in [2.05, 4.69) is 121 Å². The highest BCUT2D eigenvalue weighted by atomic mass is 32.3. The van der Waals surface area contributed by atoms with Crippen molar-refractivity contribution >= 4 is 37.5 Å². The molecule has 0 aliphatic carbocycles. The van der Waals surface area contributed by atoms with Crippen molar-refractivity contribution in [1.82, 2.24) is 9.38 Å². The molecule has 40 heavy (non-hydrogen) atoms. The van der Waals surface area contributed by atoms with Crippen LogP contribution in [0.15, 0.2) is 164 Å². The van der Waals surface area contributed by atoms with E-state index in [1.54, 1.807) is 0 Å². The zero-order chi connectivity index (χ0) is 26.7. The summed E-state index contributed by atoms with van der Waals surface area (Å²) in [5.41, 5.74) is 5.06. The molecular weight excluding hydrogens is 508 g/mol. The van der Waals surface area contributed by atoms with Crippen molar-refractivity contribution in [2.75, 3.05) is 0 Å². The van der Waals surface area contributed by atoms with E-state index in [9.17, 15) is 0 Å². The van der Waals surface area contributed by atoms with E-state index in [-0.39, 0.29) is 0 Å². The average molecular weight is 535 g/mol. The number of benzene rings is 5. The van der Waals surface area contributed by atoms with E-state index < -0.39 is 10.0 Å². The van der Waals surface area contributed by atoms with Gasteiger partial charge in [-0.3, -0.25) is 4.40 Å². The van der Waals surface area contributed by atoms with Crippen molar-refractivity contribution in [3.05, 3.63) is 145 Å². The lowest BCUT2D eigenvalue weighted by Crippen LogP contribution is -2.04. The molecule has 0 fully saturated rings. The van der Waals surface area contributed by atoms with Gasteiger partial charge in [0.05, 0.1) is 5.52 Å². The molecule has 0 aliphatic rings. The molecule has 0 saturated carbocycles. The summed E-state index contributed by atoms with van der Waals surface area (Å²) in [5, 5.41) is 2.38. The average Bonchev–Trinajstić information content (AvgIpc) is 3.69. The van der Waals surface area contributed by atoms with Crippen LogP contribution in [0, 0.1) is 6.92 Å². The predicted molar refractivity (Wildman–Crippen MR) is 164 cm³/mol. The lowest BCUT2D eigenvalue weighted by atomic mass is 10.1. The molecular formula is C36H26N2OS. The summed E-state index contributed by atoms with van der Waals surface area (Å²) in [6.07, 6.45) is 2.32. The number of rotatable bonds is 5. The normalized spacial score (nSPS) is 12.5. The molecule has 5 aromatic carbocycles. The molecule has 192 valence electrons. The van der Waals surface area contributed by atoms with E-state index >= 15 is 0 Å². The Balaban J connectivity index is 1.53. The van der Waals surface area contributed by atoms with Crippen LogP contribution in [0.4, 0.5) is 0 Å². The number of fused-ring (bicyclic) bond motifs is 3. The smallest absolute Gasteiger partial charge is 0.233 e. The topological polar surface area (TPSA) is 30.4 Å². The summed E-state index contributed by atoms with van der Waals surface area (Å²) in [4.78, 5) is 10.2. The van der Waals surface area contributed by atoms with E-state index in [1.807, 2.05) is 30.3 Å². The Morgan fingerprint density at radius 2 is 1.12 bits per heavy atom. The molecule has 4 heteroatoms. The Hall–Kier alpha value is -4.80. The van der Waals surface area contributed by atoms with Crippen LogP contribution in [0.2, 0.25) is 0 Å². The van der Waals surface area contributed by atoms with Gasteiger partial charge in [-0.1, -0.05) is 72.8 Å². The Labute approximate surface area is 234 Å². The summed E-state index contributed by atoms with van der Waals surface area (Å²) in [5.74, 6) is 0.647. The van der Waals surface area contributed by atoms with Crippen LogP contribution in [-0.4, -0.2) is 9.38 Å². The van der Waals surface area contributed by atoms with Crippen molar-refractivity contribution in [3.63, 3.8) is 0 Å². The first-order chi connectivity index (χ1) is 19.7. The van der Waals surface area contributed by atoms with Crippen molar-refractivity contribution < 1.29 is 4.42 Å². The number of aromatic nitrogens is 2. The van der Waals surface area contributed by atoms with Gasteiger partial charge >= 0.3 is 0 Å². The van der Waals surface area contributed by atoms with Crippen molar-refractivity contribution in [3.8, 4) is 11.5 Å². The monoisotopic (exact) mass is 534 g/mol. The molecule has 0 amide bonds. The zero-order valence-corrected chi connectivity index (χ0v) is 22.8. The molecule has 0 unspecified atom stereocenters. The summed E-state index contributed by atoms with van der Waals surface area (Å²) < 4.78 is 8.77. The maximum Gasteiger partial charge on any atom is 0.233 e. The van der Waals surface area contributed by atoms with E-state index in [4.69, 9.17) is 9.40 Å². The molecule has 0 aliphatic heterocycles. The third-order valence-electron chi connectivity index (χ3n) is 7.73. The third kappa shape index (κ3) is 3.23. The summed E-state index contributed by atoms with van der Waals surface area (Å²) in [6.45, 7) is 2.18. The summed E-state index contributed by atoms with van der Waals surface area (Å²) >= 11 is 0. The second-order valence-corrected chi connectivity index (χ2v) is 13.2. The summed E-state index contributed by atoms with van der Waals surface area (Å²) in [7, 11) is -1.85. The van der Waals surface area contributed by atoms with Gasteiger partial charge in [-0.2, -0.15) is 0 Å². The maximum absolute atomic E-state index is 6.53. The number of hydrogen-bond acceptors (Lipinski definition) is 2. The first-order valence-electron chi connectivity index (χ1n) is 13.5. The largest absolute Gasteiger partial charge is 0.419 e. The van der Waals surface area contributed by atoms with Gasteiger partial charge in [-0.05, 0) is 73.2 Å². The number of nitrogens with zero attached hydrogens (tertiary/aromatic N) is 2. The number of hydrogen-bond donors (Lipinski definition) is 0. The molecule has 8 rings (SSSR count). The van der Waals surface area contributed by atoms with E-state index in [0.29, 0.717) is 5.89 Å². The highest BCUT2D eigenvalue weighted by molar-refractivity contribution is 8.34. The van der Waals surface area contributed by atoms with Gasteiger partial charge in [0.25, 0.3) is 0 Å². The SMILES string of the molecule is Cc1cc2c(S(c3ccccc3)(c3ccccc3)c3ccccc3)cn3c4oc(-c5ccccc5)nc4c(c1)c23. The minimum absolute atomic E-state index is 0.647. The second-order valence-electron chi connectivity index (χ2n) is 10.2. The van der Waals surface area contributed by atoms with Gasteiger partial charge in [0.15, 0.2) is 0 Å². The highest BCUT2D eigenvalue weighted by Gasteiger charge is 2.37. The third-order valence-corrected chi connectivity index (χ3v) is 11.7. The van der Waals surface area contributed by atoms with Crippen LogP contribution in [0.1, 0.15) is 5.56 Å². The molecule has 3 heterocycles. The number of oxazole rings is 1. The van der Waals surface area contributed by atoms with Crippen LogP contribution in [0.3, 0.4) is 0 Å². The quantitative estimate of drug-likeness (QED) is 0.220. The summed E-state index contributed by atoms with van der Waals surface area (Å²) in [6, 6.07) is 47.7. The molecule has 3 aromatic heterocycles. The van der Waals surface area contributed by atoms with E-state index in [1.165, 1.54) is 36.0 Å². The molecule has 0 bridgehead atoms. The van der Waals surface area contributed by atoms with Gasteiger partial charge < -0.3 is 4.42 Å². The maximum atomic E-state index is 6.53. The molecule has 0 spiro atoms. The van der Waals surface area contributed by atoms with Crippen molar-refractivity contribution in [2.24, 2.45) is 0 Å². The van der Waals surface area contributed by atoms with Crippen LogP contribution >= 0.6 is 10.0 Å². The fraction of sp³-hybridized carbons (Fsp3) is 0.0278. The van der Waals surface area contributed by atoms with Crippen molar-refractivity contribution in [2.45, 2.75) is 26.5 Å². The molecule has 3 nitrogen and oxygen atoms in total. The van der Waals surface area contributed by atoms with Gasteiger partial charge in [0, 0.05) is 42.1 Å². The van der Waals surface area contributed by atoms with Gasteiger partial charge in [0.1, 0.15) is 5.52 Å². The van der Waals surface area contributed by atoms with Gasteiger partial charge in [-0.25, -0.2) is 4.98 Å². The van der Waals surface area contributed by atoms with Crippen LogP contribution in [0.5, 0.6) is 0 Å². The fourth-order valence-corrected chi connectivity index (χ4v) is 10.1. The molecule has 0 atom stereocenters. The Kier molecular flexibility index (Phi) is 5.13. The Bertz CT molecular complexity index is 2000. The molecule has 8 aromatic rings. The molecule has 0 N–H and O–H groups in total. The van der Waals surface area contributed by atoms with Crippen molar-refractivity contribution in [1.29, 1.82) is 0 Å². The number of aryl methyl sites for hydroxylation is 1. The highest BCUT2D eigenvalue weighted by Crippen LogP contribution is 2.75. The molecule has 0 saturated heterocycles. The van der Waals surface area contributed by atoms with Crippen LogP contribution in [-0.2, 0) is 0 Å². The zero-order valence-electron chi connectivity index (χ0n) is 22.0. The standard InChI is InChI=1S/C36H26N2OS/c1-25-22-30-32(24-38-34(30)31(23-25)33-36(38)39-35(37-33)26-14-6-2-7-15-26)40(27-16-8-3-9-17-27,28-18-10-4-11-19-28)29-20-12-5-13-21-29/h2-24H,1H3. The Morgan fingerprint density at radius 1 is 0.625 bits per heavy atom. The lowest BCUT2D eigenvalue weighted by Gasteiger charge is -2.41. The predicted octanol–water partition coefficient (Wildman–Crippen LogP) is 9.99. The lowest BCUT2D eigenvalue weighted by molar-refractivity contribution is 0.603. The minimum Gasteiger partial charge on any atom is -0.419 e. The molecule has 0 radical (unpaired) electrons. The van der Waals surface area contributed by atoms with Gasteiger partial charge in [-0.15, -0.1) is 10.0 Å². The first-order valence-corrected chi connectivity index (χ1v) is 15.1. The van der Waals surface area contributed by atoms with Gasteiger partial charge in [0.2, 0.25) is 11.6 Å². The second kappa shape index (κ2) is 8.87. The Morgan fingerprint density at radius 3 is 1.68 bits per heavy atom. The van der Waals surface area contributed by atoms with E-state index in [0.717, 1.165) is 22.2 Å².